The summed E-state index contributed by atoms with van der Waals surface area (Å²) in [6.07, 6.45) is 4.43. The summed E-state index contributed by atoms with van der Waals surface area (Å²) in [4.78, 5) is 10.9. The van der Waals surface area contributed by atoms with Crippen molar-refractivity contribution in [3.8, 4) is 5.75 Å². The second-order valence-corrected chi connectivity index (χ2v) is 3.33. The van der Waals surface area contributed by atoms with Gasteiger partial charge in [-0.2, -0.15) is 0 Å². The van der Waals surface area contributed by atoms with Gasteiger partial charge >= 0.3 is 5.63 Å². The van der Waals surface area contributed by atoms with Crippen LogP contribution in [0, 0.1) is 5.92 Å². The van der Waals surface area contributed by atoms with E-state index < -0.39 is 5.63 Å². The SMILES string of the molecule is CC1C=Cc2oc(=O)cc(O)c2C1. The van der Waals surface area contributed by atoms with Crippen molar-refractivity contribution in [2.75, 3.05) is 0 Å². The number of allylic oxidation sites excluding steroid dienone is 1. The quantitative estimate of drug-likeness (QED) is 0.655. The van der Waals surface area contributed by atoms with Crippen LogP contribution in [0.1, 0.15) is 18.2 Å². The van der Waals surface area contributed by atoms with E-state index in [2.05, 4.69) is 0 Å². The first-order valence-corrected chi connectivity index (χ1v) is 4.21. The molecule has 1 heterocycles. The lowest BCUT2D eigenvalue weighted by Gasteiger charge is -2.14. The lowest BCUT2D eigenvalue weighted by Crippen LogP contribution is -2.08. The van der Waals surface area contributed by atoms with Crippen molar-refractivity contribution in [2.45, 2.75) is 13.3 Å². The Balaban J connectivity index is 2.63. The first-order valence-electron chi connectivity index (χ1n) is 4.21. The molecule has 13 heavy (non-hydrogen) atoms. The van der Waals surface area contributed by atoms with Crippen LogP contribution in [0.15, 0.2) is 21.4 Å². The van der Waals surface area contributed by atoms with Crippen molar-refractivity contribution in [1.82, 2.24) is 0 Å². The van der Waals surface area contributed by atoms with Crippen molar-refractivity contribution < 1.29 is 9.52 Å². The van der Waals surface area contributed by atoms with Crippen LogP contribution in [0.5, 0.6) is 5.75 Å². The molecule has 3 nitrogen and oxygen atoms in total. The molecule has 3 heteroatoms. The van der Waals surface area contributed by atoms with Gasteiger partial charge < -0.3 is 9.52 Å². The molecule has 0 radical (unpaired) electrons. The second-order valence-electron chi connectivity index (χ2n) is 3.33. The van der Waals surface area contributed by atoms with E-state index in [1.165, 1.54) is 0 Å². The highest BCUT2D eigenvalue weighted by atomic mass is 16.4. The molecular weight excluding hydrogens is 168 g/mol. The molecule has 1 aliphatic carbocycles. The molecule has 0 spiro atoms. The fraction of sp³-hybridized carbons (Fsp3) is 0.300. The van der Waals surface area contributed by atoms with Crippen molar-refractivity contribution in [2.24, 2.45) is 5.92 Å². The van der Waals surface area contributed by atoms with Gasteiger partial charge in [-0.15, -0.1) is 0 Å². The van der Waals surface area contributed by atoms with E-state index >= 15 is 0 Å². The van der Waals surface area contributed by atoms with Gasteiger partial charge in [-0.05, 0) is 18.4 Å². The molecular formula is C10H10O3. The molecule has 0 aromatic carbocycles. The summed E-state index contributed by atoms with van der Waals surface area (Å²) >= 11 is 0. The van der Waals surface area contributed by atoms with Crippen LogP contribution >= 0.6 is 0 Å². The molecule has 0 saturated heterocycles. The molecule has 0 aliphatic heterocycles. The van der Waals surface area contributed by atoms with E-state index in [4.69, 9.17) is 4.42 Å². The minimum atomic E-state index is -0.504. The van der Waals surface area contributed by atoms with Crippen LogP contribution < -0.4 is 5.63 Å². The van der Waals surface area contributed by atoms with E-state index in [1.807, 2.05) is 13.0 Å². The molecule has 1 aromatic heterocycles. The van der Waals surface area contributed by atoms with E-state index in [1.54, 1.807) is 6.08 Å². The summed E-state index contributed by atoms with van der Waals surface area (Å²) in [5.41, 5.74) is 0.227. The van der Waals surface area contributed by atoms with Gasteiger partial charge in [-0.1, -0.05) is 13.0 Å². The number of hydrogen-bond donors (Lipinski definition) is 1. The van der Waals surface area contributed by atoms with Crippen molar-refractivity contribution >= 4 is 6.08 Å². The Bertz CT molecular complexity index is 415. The van der Waals surface area contributed by atoms with Crippen LogP contribution in [0.2, 0.25) is 0 Å². The zero-order valence-electron chi connectivity index (χ0n) is 7.28. The Morgan fingerprint density at radius 2 is 2.38 bits per heavy atom. The minimum Gasteiger partial charge on any atom is -0.507 e. The number of aromatic hydroxyl groups is 1. The van der Waals surface area contributed by atoms with Gasteiger partial charge in [-0.3, -0.25) is 0 Å². The van der Waals surface area contributed by atoms with Gasteiger partial charge in [0.2, 0.25) is 0 Å². The predicted molar refractivity (Wildman–Crippen MR) is 48.5 cm³/mol. The van der Waals surface area contributed by atoms with E-state index in [-0.39, 0.29) is 5.75 Å². The fourth-order valence-corrected chi connectivity index (χ4v) is 1.51. The molecule has 0 saturated carbocycles. The van der Waals surface area contributed by atoms with Crippen LogP contribution in [0.25, 0.3) is 6.08 Å². The number of hydrogen-bond acceptors (Lipinski definition) is 3. The van der Waals surface area contributed by atoms with Gasteiger partial charge in [-0.25, -0.2) is 4.79 Å². The zero-order chi connectivity index (χ0) is 9.42. The maximum Gasteiger partial charge on any atom is 0.339 e. The summed E-state index contributed by atoms with van der Waals surface area (Å²) in [7, 11) is 0. The summed E-state index contributed by atoms with van der Waals surface area (Å²) in [6, 6.07) is 1.12. The lowest BCUT2D eigenvalue weighted by atomic mass is 9.94. The molecule has 68 valence electrons. The van der Waals surface area contributed by atoms with Crippen molar-refractivity contribution in [1.29, 1.82) is 0 Å². The fourth-order valence-electron chi connectivity index (χ4n) is 1.51. The average molecular weight is 178 g/mol. The molecule has 0 fully saturated rings. The summed E-state index contributed by atoms with van der Waals surface area (Å²) in [6.45, 7) is 2.05. The maximum atomic E-state index is 10.9. The van der Waals surface area contributed by atoms with Crippen LogP contribution in [-0.4, -0.2) is 5.11 Å². The summed E-state index contributed by atoms with van der Waals surface area (Å²) in [5.74, 6) is 0.914. The molecule has 0 amide bonds. The highest BCUT2D eigenvalue weighted by Crippen LogP contribution is 2.27. The lowest BCUT2D eigenvalue weighted by molar-refractivity contribution is 0.425. The van der Waals surface area contributed by atoms with Crippen molar-refractivity contribution in [3.63, 3.8) is 0 Å². The van der Waals surface area contributed by atoms with Gasteiger partial charge in [0.1, 0.15) is 11.5 Å². The Kier molecular flexibility index (Phi) is 1.72. The van der Waals surface area contributed by atoms with Gasteiger partial charge in [0.25, 0.3) is 0 Å². The third-order valence-electron chi connectivity index (χ3n) is 2.17. The smallest absolute Gasteiger partial charge is 0.339 e. The normalized spacial score (nSPS) is 19.9. The molecule has 1 N–H and O–H groups in total. The average Bonchev–Trinajstić information content (AvgIpc) is 2.06. The Morgan fingerprint density at radius 1 is 1.62 bits per heavy atom. The Morgan fingerprint density at radius 3 is 3.15 bits per heavy atom. The highest BCUT2D eigenvalue weighted by Gasteiger charge is 2.16. The standard InChI is InChI=1S/C10H10O3/c1-6-2-3-9-7(4-6)8(11)5-10(12)13-9/h2-3,5-6,11H,4H2,1H3. The van der Waals surface area contributed by atoms with Crippen molar-refractivity contribution in [3.05, 3.63) is 33.9 Å². The first-order chi connectivity index (χ1) is 6.16. The minimum absolute atomic E-state index is 0.0439. The largest absolute Gasteiger partial charge is 0.507 e. The van der Waals surface area contributed by atoms with Gasteiger partial charge in [0.15, 0.2) is 0 Å². The van der Waals surface area contributed by atoms with Gasteiger partial charge in [0, 0.05) is 5.56 Å². The van der Waals surface area contributed by atoms with Crippen LogP contribution in [0.4, 0.5) is 0 Å². The topological polar surface area (TPSA) is 50.4 Å². The molecule has 0 bridgehead atoms. The highest BCUT2D eigenvalue weighted by molar-refractivity contribution is 5.54. The third kappa shape index (κ3) is 1.37. The second kappa shape index (κ2) is 2.76. The first kappa shape index (κ1) is 8.10. The zero-order valence-corrected chi connectivity index (χ0v) is 7.28. The number of rotatable bonds is 0. The van der Waals surface area contributed by atoms with E-state index in [0.717, 1.165) is 18.1 Å². The monoisotopic (exact) mass is 178 g/mol. The Labute approximate surface area is 75.3 Å². The molecule has 1 aromatic rings. The third-order valence-corrected chi connectivity index (χ3v) is 2.17. The Hall–Kier alpha value is -1.51. The predicted octanol–water partition coefficient (Wildman–Crippen LogP) is 1.55. The summed E-state index contributed by atoms with van der Waals surface area (Å²) in [5, 5.41) is 9.46. The van der Waals surface area contributed by atoms with Gasteiger partial charge in [0.05, 0.1) is 6.07 Å². The summed E-state index contributed by atoms with van der Waals surface area (Å²) < 4.78 is 4.93. The molecule has 2 rings (SSSR count). The van der Waals surface area contributed by atoms with E-state index in [0.29, 0.717) is 11.7 Å². The van der Waals surface area contributed by atoms with Crippen LogP contribution in [-0.2, 0) is 6.42 Å². The maximum absolute atomic E-state index is 10.9. The van der Waals surface area contributed by atoms with Crippen LogP contribution in [0.3, 0.4) is 0 Å². The molecule has 1 aliphatic rings. The molecule has 1 atom stereocenters. The van der Waals surface area contributed by atoms with E-state index in [9.17, 15) is 9.90 Å². The molecule has 1 unspecified atom stereocenters. The number of fused-ring (bicyclic) bond motifs is 1.